The Balaban J connectivity index is 2.07. The quantitative estimate of drug-likeness (QED) is 0.350. The average Bonchev–Trinajstić information content (AvgIpc) is 2.75. The first kappa shape index (κ1) is 24.5. The van der Waals surface area contributed by atoms with Gasteiger partial charge in [0, 0.05) is 19.5 Å². The van der Waals surface area contributed by atoms with Gasteiger partial charge >= 0.3 is 5.69 Å². The molecule has 0 saturated carbocycles. The van der Waals surface area contributed by atoms with E-state index in [9.17, 15) is 27.6 Å². The van der Waals surface area contributed by atoms with Crippen molar-refractivity contribution in [3.8, 4) is 0 Å². The molecule has 33 heavy (non-hydrogen) atoms. The number of nitrogens with zero attached hydrogens (tertiary/aromatic N) is 4. The van der Waals surface area contributed by atoms with Crippen molar-refractivity contribution in [1.29, 1.82) is 0 Å². The van der Waals surface area contributed by atoms with Crippen molar-refractivity contribution in [2.45, 2.75) is 43.4 Å². The molecule has 0 aliphatic rings. The maximum absolute atomic E-state index is 14.0. The lowest BCUT2D eigenvalue weighted by atomic mass is 9.96. The lowest BCUT2D eigenvalue weighted by molar-refractivity contribution is -0.115. The van der Waals surface area contributed by atoms with Crippen molar-refractivity contribution in [3.63, 3.8) is 0 Å². The van der Waals surface area contributed by atoms with Gasteiger partial charge in [-0.3, -0.25) is 18.7 Å². The number of nitrogens with one attached hydrogen (secondary N) is 1. The van der Waals surface area contributed by atoms with Crippen LogP contribution in [0, 0.1) is 17.5 Å². The third-order valence-corrected chi connectivity index (χ3v) is 5.97. The monoisotopic (exact) mass is 481 g/mol. The van der Waals surface area contributed by atoms with Gasteiger partial charge < -0.3 is 5.32 Å². The van der Waals surface area contributed by atoms with Gasteiger partial charge in [-0.1, -0.05) is 32.5 Å². The van der Waals surface area contributed by atoms with Crippen LogP contribution in [0.3, 0.4) is 0 Å². The SMILES string of the molecule is C[C@@H](Sc1nc(C(C)(C)C)nc2c1c(=O)n(C)c(=O)n2C)C(=O)Nc1ccc(F)c(F)c1F. The summed E-state index contributed by atoms with van der Waals surface area (Å²) in [6, 6.07) is 1.61. The Morgan fingerprint density at radius 3 is 2.30 bits per heavy atom. The number of benzene rings is 1. The van der Waals surface area contributed by atoms with Gasteiger partial charge in [0.15, 0.2) is 23.1 Å². The van der Waals surface area contributed by atoms with E-state index in [4.69, 9.17) is 0 Å². The van der Waals surface area contributed by atoms with Gasteiger partial charge in [0.25, 0.3) is 5.56 Å². The summed E-state index contributed by atoms with van der Waals surface area (Å²) in [5.41, 5.74) is -2.14. The minimum Gasteiger partial charge on any atom is -0.323 e. The average molecular weight is 482 g/mol. The number of aryl methyl sites for hydroxylation is 1. The number of thioether (sulfide) groups is 1. The molecule has 0 saturated heterocycles. The molecule has 176 valence electrons. The van der Waals surface area contributed by atoms with Crippen molar-refractivity contribution < 1.29 is 18.0 Å². The van der Waals surface area contributed by atoms with Crippen LogP contribution in [-0.4, -0.2) is 30.3 Å². The highest BCUT2D eigenvalue weighted by Gasteiger charge is 2.26. The Labute approximate surface area is 190 Å². The molecule has 0 aliphatic heterocycles. The Bertz CT molecular complexity index is 1400. The summed E-state index contributed by atoms with van der Waals surface area (Å²) in [6.07, 6.45) is 0. The molecule has 3 rings (SSSR count). The Kier molecular flexibility index (Phi) is 6.42. The smallest absolute Gasteiger partial charge is 0.323 e. The topological polar surface area (TPSA) is 98.9 Å². The fourth-order valence-electron chi connectivity index (χ4n) is 2.93. The number of anilines is 1. The molecule has 1 amide bonds. The maximum atomic E-state index is 14.0. The van der Waals surface area contributed by atoms with Gasteiger partial charge in [-0.05, 0) is 19.1 Å². The van der Waals surface area contributed by atoms with E-state index in [-0.39, 0.29) is 16.1 Å². The highest BCUT2D eigenvalue weighted by molar-refractivity contribution is 8.00. The first-order valence-electron chi connectivity index (χ1n) is 9.83. The molecule has 1 aromatic carbocycles. The summed E-state index contributed by atoms with van der Waals surface area (Å²) in [5.74, 6) is -4.98. The minimum atomic E-state index is -1.70. The summed E-state index contributed by atoms with van der Waals surface area (Å²) >= 11 is 0.899. The minimum absolute atomic E-state index is 0.0521. The third kappa shape index (κ3) is 4.52. The predicted octanol–water partition coefficient (Wildman–Crippen LogP) is 2.86. The Morgan fingerprint density at radius 2 is 1.70 bits per heavy atom. The molecule has 1 atom stereocenters. The second-order valence-electron chi connectivity index (χ2n) is 8.48. The van der Waals surface area contributed by atoms with E-state index in [1.54, 1.807) is 0 Å². The Hall–Kier alpha value is -3.15. The summed E-state index contributed by atoms with van der Waals surface area (Å²) in [4.78, 5) is 46.8. The molecule has 0 bridgehead atoms. The lowest BCUT2D eigenvalue weighted by Gasteiger charge is -2.20. The van der Waals surface area contributed by atoms with Gasteiger partial charge in [-0.25, -0.2) is 27.9 Å². The van der Waals surface area contributed by atoms with E-state index >= 15 is 0 Å². The van der Waals surface area contributed by atoms with Gasteiger partial charge in [-0.2, -0.15) is 0 Å². The molecular formula is C21H22F3N5O3S. The Morgan fingerprint density at radius 1 is 1.06 bits per heavy atom. The number of carbonyl (C=O) groups excluding carboxylic acids is 1. The standard InChI is InChI=1S/C21H22F3N5O3S/c1-9(16(30)25-11-8-7-10(22)13(23)14(11)24)33-17-12-15(26-19(27-17)21(2,3)4)28(5)20(32)29(6)18(12)31/h7-9H,1-6H3,(H,25,30)/t9-/m1/s1. The second-order valence-corrected chi connectivity index (χ2v) is 9.81. The molecule has 0 radical (unpaired) electrons. The van der Waals surface area contributed by atoms with Crippen LogP contribution >= 0.6 is 11.8 Å². The molecule has 8 nitrogen and oxygen atoms in total. The highest BCUT2D eigenvalue weighted by atomic mass is 32.2. The third-order valence-electron chi connectivity index (χ3n) is 4.89. The van der Waals surface area contributed by atoms with Crippen LogP contribution in [0.1, 0.15) is 33.5 Å². The molecular weight excluding hydrogens is 459 g/mol. The van der Waals surface area contributed by atoms with Gasteiger partial charge in [-0.15, -0.1) is 0 Å². The highest BCUT2D eigenvalue weighted by Crippen LogP contribution is 2.30. The maximum Gasteiger partial charge on any atom is 0.332 e. The number of carbonyl (C=O) groups is 1. The zero-order valence-electron chi connectivity index (χ0n) is 18.8. The summed E-state index contributed by atoms with van der Waals surface area (Å²) < 4.78 is 42.7. The molecule has 0 spiro atoms. The van der Waals surface area contributed by atoms with Crippen LogP contribution in [0.15, 0.2) is 26.7 Å². The van der Waals surface area contributed by atoms with E-state index in [1.165, 1.54) is 25.6 Å². The molecule has 2 aromatic heterocycles. The number of hydrogen-bond donors (Lipinski definition) is 1. The van der Waals surface area contributed by atoms with Crippen LogP contribution in [0.25, 0.3) is 11.0 Å². The molecule has 0 fully saturated rings. The van der Waals surface area contributed by atoms with Crippen molar-refractivity contribution in [2.75, 3.05) is 5.32 Å². The zero-order valence-corrected chi connectivity index (χ0v) is 19.6. The van der Waals surface area contributed by atoms with E-state index in [2.05, 4.69) is 15.3 Å². The first-order chi connectivity index (χ1) is 15.2. The largest absolute Gasteiger partial charge is 0.332 e. The summed E-state index contributed by atoms with van der Waals surface area (Å²) in [5, 5.41) is 1.50. The number of fused-ring (bicyclic) bond motifs is 1. The number of halogens is 3. The second kappa shape index (κ2) is 8.65. The molecule has 12 heteroatoms. The first-order valence-corrected chi connectivity index (χ1v) is 10.7. The fourth-order valence-corrected chi connectivity index (χ4v) is 3.86. The van der Waals surface area contributed by atoms with E-state index in [0.717, 1.165) is 22.4 Å². The van der Waals surface area contributed by atoms with Gasteiger partial charge in [0.2, 0.25) is 5.91 Å². The van der Waals surface area contributed by atoms with Crippen molar-refractivity contribution in [2.24, 2.45) is 14.1 Å². The van der Waals surface area contributed by atoms with Gasteiger partial charge in [0.1, 0.15) is 16.2 Å². The molecule has 1 N–H and O–H groups in total. The summed E-state index contributed by atoms with van der Waals surface area (Å²) in [7, 11) is 2.79. The van der Waals surface area contributed by atoms with Crippen LogP contribution in [0.5, 0.6) is 0 Å². The van der Waals surface area contributed by atoms with E-state index < -0.39 is 51.0 Å². The zero-order chi connectivity index (χ0) is 24.8. The van der Waals surface area contributed by atoms with Crippen LogP contribution in [0.2, 0.25) is 0 Å². The number of rotatable bonds is 4. The molecule has 0 unspecified atom stereocenters. The van der Waals surface area contributed by atoms with Crippen LogP contribution < -0.4 is 16.6 Å². The number of aromatic nitrogens is 4. The number of amides is 1. The van der Waals surface area contributed by atoms with Crippen molar-refractivity contribution in [1.82, 2.24) is 19.1 Å². The van der Waals surface area contributed by atoms with Crippen molar-refractivity contribution >= 4 is 34.4 Å². The van der Waals surface area contributed by atoms with E-state index in [0.29, 0.717) is 11.9 Å². The van der Waals surface area contributed by atoms with Crippen LogP contribution in [-0.2, 0) is 24.3 Å². The van der Waals surface area contributed by atoms with Crippen molar-refractivity contribution in [3.05, 3.63) is 56.2 Å². The number of hydrogen-bond acceptors (Lipinski definition) is 6. The molecule has 2 heterocycles. The fraction of sp³-hybridized carbons (Fsp3) is 0.381. The van der Waals surface area contributed by atoms with Gasteiger partial charge in [0.05, 0.1) is 10.9 Å². The molecule has 0 aliphatic carbocycles. The summed E-state index contributed by atoms with van der Waals surface area (Å²) in [6.45, 7) is 7.03. The van der Waals surface area contributed by atoms with E-state index in [1.807, 2.05) is 20.8 Å². The predicted molar refractivity (Wildman–Crippen MR) is 119 cm³/mol. The molecule has 3 aromatic rings. The lowest BCUT2D eigenvalue weighted by Crippen LogP contribution is -2.38. The normalized spacial score (nSPS) is 12.8. The van der Waals surface area contributed by atoms with Crippen LogP contribution in [0.4, 0.5) is 18.9 Å².